The van der Waals surface area contributed by atoms with E-state index in [1.54, 1.807) is 6.07 Å². The second-order valence-electron chi connectivity index (χ2n) is 4.29. The number of aromatic nitrogens is 2. The number of halogens is 2. The van der Waals surface area contributed by atoms with Crippen molar-refractivity contribution >= 4 is 40.2 Å². The minimum Gasteiger partial charge on any atom is -0.396 e. The third-order valence-corrected chi connectivity index (χ3v) is 3.74. The average Bonchev–Trinajstić information content (AvgIpc) is 2.69. The molecule has 6 heteroatoms. The fourth-order valence-electron chi connectivity index (χ4n) is 1.62. The van der Waals surface area contributed by atoms with Gasteiger partial charge in [-0.1, -0.05) is 37.0 Å². The standard InChI is InChI=1S/C11H13Cl2N3S/c1-6(2)4-16-5-8(14)10(15-16)7-3-9(12)17-11(7)13/h3,5-6H,4,14H2,1-2H3. The van der Waals surface area contributed by atoms with E-state index < -0.39 is 0 Å². The van der Waals surface area contributed by atoms with E-state index in [9.17, 15) is 0 Å². The first-order valence-corrected chi connectivity index (χ1v) is 6.82. The smallest absolute Gasteiger partial charge is 0.118 e. The summed E-state index contributed by atoms with van der Waals surface area (Å²) in [5.41, 5.74) is 8.09. The summed E-state index contributed by atoms with van der Waals surface area (Å²) >= 11 is 13.3. The molecule has 2 rings (SSSR count). The predicted octanol–water partition coefficient (Wildman–Crippen LogP) is 4.16. The molecule has 0 unspecified atom stereocenters. The van der Waals surface area contributed by atoms with Crippen molar-refractivity contribution in [2.75, 3.05) is 5.73 Å². The van der Waals surface area contributed by atoms with Crippen molar-refractivity contribution in [3.05, 3.63) is 20.9 Å². The second-order valence-corrected chi connectivity index (χ2v) is 6.57. The summed E-state index contributed by atoms with van der Waals surface area (Å²) in [4.78, 5) is 0. The van der Waals surface area contributed by atoms with Crippen molar-refractivity contribution in [1.82, 2.24) is 9.78 Å². The maximum absolute atomic E-state index is 6.10. The number of nitrogen functional groups attached to an aromatic ring is 1. The Balaban J connectivity index is 2.39. The van der Waals surface area contributed by atoms with Gasteiger partial charge >= 0.3 is 0 Å². The molecule has 2 aromatic heterocycles. The topological polar surface area (TPSA) is 43.8 Å². The molecule has 17 heavy (non-hydrogen) atoms. The van der Waals surface area contributed by atoms with Crippen LogP contribution in [0.5, 0.6) is 0 Å². The molecule has 0 fully saturated rings. The van der Waals surface area contributed by atoms with Crippen LogP contribution >= 0.6 is 34.5 Å². The summed E-state index contributed by atoms with van der Waals surface area (Å²) in [6.45, 7) is 5.09. The Morgan fingerprint density at radius 3 is 2.71 bits per heavy atom. The molecular formula is C11H13Cl2N3S. The van der Waals surface area contributed by atoms with Gasteiger partial charge in [-0.25, -0.2) is 0 Å². The van der Waals surface area contributed by atoms with E-state index in [1.807, 2.05) is 10.9 Å². The number of hydrogen-bond donors (Lipinski definition) is 1. The Kier molecular flexibility index (Phi) is 3.66. The van der Waals surface area contributed by atoms with E-state index >= 15 is 0 Å². The Morgan fingerprint density at radius 1 is 1.47 bits per heavy atom. The molecule has 0 aliphatic heterocycles. The van der Waals surface area contributed by atoms with Gasteiger partial charge in [-0.3, -0.25) is 4.68 Å². The fraction of sp³-hybridized carbons (Fsp3) is 0.364. The lowest BCUT2D eigenvalue weighted by atomic mass is 10.2. The summed E-state index contributed by atoms with van der Waals surface area (Å²) in [7, 11) is 0. The van der Waals surface area contributed by atoms with Gasteiger partial charge in [0.25, 0.3) is 0 Å². The van der Waals surface area contributed by atoms with Crippen LogP contribution in [0.1, 0.15) is 13.8 Å². The molecule has 0 radical (unpaired) electrons. The highest BCUT2D eigenvalue weighted by Gasteiger charge is 2.15. The van der Waals surface area contributed by atoms with E-state index in [-0.39, 0.29) is 0 Å². The largest absolute Gasteiger partial charge is 0.396 e. The Hall–Kier alpha value is -0.710. The highest BCUT2D eigenvalue weighted by atomic mass is 35.5. The minimum atomic E-state index is 0.517. The lowest BCUT2D eigenvalue weighted by molar-refractivity contribution is 0.484. The number of nitrogens with zero attached hydrogens (tertiary/aromatic N) is 2. The maximum atomic E-state index is 6.10. The van der Waals surface area contributed by atoms with Crippen LogP contribution < -0.4 is 5.73 Å². The van der Waals surface area contributed by atoms with Crippen molar-refractivity contribution < 1.29 is 0 Å². The number of hydrogen-bond acceptors (Lipinski definition) is 3. The van der Waals surface area contributed by atoms with E-state index in [0.29, 0.717) is 26.0 Å². The van der Waals surface area contributed by atoms with Crippen LogP contribution in [0.15, 0.2) is 12.3 Å². The van der Waals surface area contributed by atoms with Gasteiger partial charge in [0, 0.05) is 18.3 Å². The van der Waals surface area contributed by atoms with Crippen molar-refractivity contribution in [1.29, 1.82) is 0 Å². The first kappa shape index (κ1) is 12.7. The van der Waals surface area contributed by atoms with Crippen molar-refractivity contribution in [3.63, 3.8) is 0 Å². The molecule has 0 aliphatic rings. The van der Waals surface area contributed by atoms with Crippen LogP contribution in [0.2, 0.25) is 8.67 Å². The summed E-state index contributed by atoms with van der Waals surface area (Å²) < 4.78 is 3.11. The van der Waals surface area contributed by atoms with Crippen LogP contribution in [-0.2, 0) is 6.54 Å². The molecule has 0 amide bonds. The third-order valence-electron chi connectivity index (χ3n) is 2.25. The molecule has 2 N–H and O–H groups in total. The zero-order valence-corrected chi connectivity index (χ0v) is 11.9. The van der Waals surface area contributed by atoms with Gasteiger partial charge < -0.3 is 5.73 Å². The minimum absolute atomic E-state index is 0.517. The molecule has 0 saturated heterocycles. The molecule has 0 spiro atoms. The van der Waals surface area contributed by atoms with Crippen LogP contribution in [0, 0.1) is 5.92 Å². The quantitative estimate of drug-likeness (QED) is 0.922. The molecule has 0 saturated carbocycles. The zero-order chi connectivity index (χ0) is 12.6. The van der Waals surface area contributed by atoms with Gasteiger partial charge in [-0.15, -0.1) is 11.3 Å². The van der Waals surface area contributed by atoms with Crippen molar-refractivity contribution in [3.8, 4) is 11.3 Å². The van der Waals surface area contributed by atoms with Gasteiger partial charge in [0.05, 0.1) is 10.0 Å². The van der Waals surface area contributed by atoms with Crippen molar-refractivity contribution in [2.45, 2.75) is 20.4 Å². The number of rotatable bonds is 3. The lowest BCUT2D eigenvalue weighted by Gasteiger charge is -2.03. The van der Waals surface area contributed by atoms with Gasteiger partial charge in [0.1, 0.15) is 10.0 Å². The molecule has 2 heterocycles. The van der Waals surface area contributed by atoms with E-state index in [2.05, 4.69) is 18.9 Å². The normalized spacial score (nSPS) is 11.4. The summed E-state index contributed by atoms with van der Waals surface area (Å²) in [6, 6.07) is 1.80. The maximum Gasteiger partial charge on any atom is 0.118 e. The third kappa shape index (κ3) is 2.76. The van der Waals surface area contributed by atoms with Crippen molar-refractivity contribution in [2.24, 2.45) is 5.92 Å². The summed E-state index contributed by atoms with van der Waals surface area (Å²) in [6.07, 6.45) is 1.83. The number of nitrogens with two attached hydrogens (primary N) is 1. The average molecular weight is 290 g/mol. The molecule has 0 atom stereocenters. The Labute approximate surface area is 114 Å². The summed E-state index contributed by atoms with van der Waals surface area (Å²) in [5.74, 6) is 0.517. The number of thiophene rings is 1. The van der Waals surface area contributed by atoms with Crippen LogP contribution in [-0.4, -0.2) is 9.78 Å². The molecule has 0 aliphatic carbocycles. The molecule has 0 aromatic carbocycles. The van der Waals surface area contributed by atoms with E-state index in [4.69, 9.17) is 28.9 Å². The fourth-order valence-corrected chi connectivity index (χ4v) is 3.08. The van der Waals surface area contributed by atoms with Gasteiger partial charge in [-0.2, -0.15) is 5.10 Å². The number of anilines is 1. The molecular weight excluding hydrogens is 277 g/mol. The Bertz CT molecular complexity index is 531. The van der Waals surface area contributed by atoms with E-state index in [1.165, 1.54) is 11.3 Å². The molecule has 0 bridgehead atoms. The summed E-state index contributed by atoms with van der Waals surface area (Å²) in [5, 5.41) is 4.45. The van der Waals surface area contributed by atoms with Gasteiger partial charge in [-0.05, 0) is 12.0 Å². The van der Waals surface area contributed by atoms with Crippen LogP contribution in [0.4, 0.5) is 5.69 Å². The zero-order valence-electron chi connectivity index (χ0n) is 9.58. The Morgan fingerprint density at radius 2 is 2.18 bits per heavy atom. The highest BCUT2D eigenvalue weighted by molar-refractivity contribution is 7.20. The SMILES string of the molecule is CC(C)Cn1cc(N)c(-c2cc(Cl)sc2Cl)n1. The van der Waals surface area contributed by atoms with Crippen LogP contribution in [0.3, 0.4) is 0 Å². The molecule has 92 valence electrons. The van der Waals surface area contributed by atoms with Crippen LogP contribution in [0.25, 0.3) is 11.3 Å². The van der Waals surface area contributed by atoms with Gasteiger partial charge in [0.2, 0.25) is 0 Å². The predicted molar refractivity (Wildman–Crippen MR) is 74.8 cm³/mol. The second kappa shape index (κ2) is 4.88. The monoisotopic (exact) mass is 289 g/mol. The molecule has 2 aromatic rings. The first-order valence-electron chi connectivity index (χ1n) is 5.25. The van der Waals surface area contributed by atoms with Gasteiger partial charge in [0.15, 0.2) is 0 Å². The first-order chi connectivity index (χ1) is 7.97. The lowest BCUT2D eigenvalue weighted by Crippen LogP contribution is -2.04. The highest BCUT2D eigenvalue weighted by Crippen LogP contribution is 2.39. The van der Waals surface area contributed by atoms with E-state index in [0.717, 1.165) is 12.1 Å². The molecule has 3 nitrogen and oxygen atoms in total.